The number of H-pyrrole nitrogens is 1. The van der Waals surface area contributed by atoms with Crippen LogP contribution in [0.4, 0.5) is 0 Å². The van der Waals surface area contributed by atoms with Gasteiger partial charge in [-0.3, -0.25) is 4.99 Å². The first-order valence-corrected chi connectivity index (χ1v) is 9.46. The lowest BCUT2D eigenvalue weighted by Crippen LogP contribution is -2.50. The van der Waals surface area contributed by atoms with E-state index in [0.717, 1.165) is 34.2 Å². The van der Waals surface area contributed by atoms with Crippen molar-refractivity contribution in [3.8, 4) is 5.88 Å². The van der Waals surface area contributed by atoms with Crippen LogP contribution in [0.3, 0.4) is 0 Å². The minimum absolute atomic E-state index is 0.234. The Morgan fingerprint density at radius 1 is 1.12 bits per heavy atom. The number of aromatic nitrogens is 1. The van der Waals surface area contributed by atoms with Crippen LogP contribution in [-0.4, -0.2) is 22.3 Å². The van der Waals surface area contributed by atoms with Gasteiger partial charge in [0.1, 0.15) is 0 Å². The Labute approximate surface area is 143 Å². The highest BCUT2D eigenvalue weighted by Gasteiger charge is 2.53. The van der Waals surface area contributed by atoms with Crippen LogP contribution < -0.4 is 0 Å². The molecule has 1 aromatic heterocycles. The smallest absolute Gasteiger partial charge is 0.198 e. The highest BCUT2D eigenvalue weighted by atomic mass is 16.3. The average Bonchev–Trinajstić information content (AvgIpc) is 2.86. The molecule has 126 valence electrons. The van der Waals surface area contributed by atoms with Crippen LogP contribution in [-0.2, 0) is 0 Å². The van der Waals surface area contributed by atoms with Crippen LogP contribution in [0.5, 0.6) is 5.88 Å². The van der Waals surface area contributed by atoms with Crippen LogP contribution in [0.2, 0.25) is 0 Å². The Kier molecular flexibility index (Phi) is 3.10. The minimum Gasteiger partial charge on any atom is -0.494 e. The molecule has 0 aliphatic heterocycles. The molecule has 2 aromatic rings. The lowest BCUT2D eigenvalue weighted by molar-refractivity contribution is -0.0632. The molecular formula is C21H26N2O. The third kappa shape index (κ3) is 2.13. The number of aromatic hydroxyl groups is 1. The molecule has 24 heavy (non-hydrogen) atoms. The summed E-state index contributed by atoms with van der Waals surface area (Å²) in [5.74, 6) is 3.10. The highest BCUT2D eigenvalue weighted by Crippen LogP contribution is 2.61. The number of nitrogens with zero attached hydrogens (tertiary/aromatic N) is 1. The molecule has 0 spiro atoms. The Bertz CT molecular complexity index is 768. The average molecular weight is 322 g/mol. The van der Waals surface area contributed by atoms with Crippen LogP contribution >= 0.6 is 0 Å². The van der Waals surface area contributed by atoms with Gasteiger partial charge in [0.05, 0.1) is 11.6 Å². The van der Waals surface area contributed by atoms with E-state index in [1.54, 1.807) is 0 Å². The SMILES string of the molecule is C[C@@H](N=Cc1c(O)[nH]c2ccccc12)C12CC3CC(CC(C3)C1)C2. The van der Waals surface area contributed by atoms with Gasteiger partial charge in [0.25, 0.3) is 0 Å². The standard InChI is InChI=1S/C21H26N2O/c1-13(21-9-14-6-15(10-21)8-16(7-14)11-21)22-12-18-17-4-2-3-5-19(17)23-20(18)24/h2-5,12-16,23-24H,6-11H2,1H3/t13-,14?,15?,16?,21?/m1/s1. The van der Waals surface area contributed by atoms with Gasteiger partial charge in [0.2, 0.25) is 0 Å². The topological polar surface area (TPSA) is 48.4 Å². The fraction of sp³-hybridized carbons (Fsp3) is 0.571. The molecule has 4 saturated carbocycles. The molecule has 4 fully saturated rings. The quantitative estimate of drug-likeness (QED) is 0.776. The van der Waals surface area contributed by atoms with E-state index in [4.69, 9.17) is 4.99 Å². The molecule has 3 nitrogen and oxygen atoms in total. The maximum Gasteiger partial charge on any atom is 0.198 e. The molecule has 4 bridgehead atoms. The summed E-state index contributed by atoms with van der Waals surface area (Å²) in [5, 5.41) is 11.3. The summed E-state index contributed by atoms with van der Waals surface area (Å²) in [6, 6.07) is 8.38. The van der Waals surface area contributed by atoms with Crippen molar-refractivity contribution in [1.82, 2.24) is 4.98 Å². The largest absolute Gasteiger partial charge is 0.494 e. The number of para-hydroxylation sites is 1. The van der Waals surface area contributed by atoms with Crippen molar-refractivity contribution < 1.29 is 5.11 Å². The summed E-state index contributed by atoms with van der Waals surface area (Å²) in [6.07, 6.45) is 10.4. The molecule has 3 heteroatoms. The number of fused-ring (bicyclic) bond motifs is 1. The van der Waals surface area contributed by atoms with E-state index in [-0.39, 0.29) is 5.88 Å². The van der Waals surface area contributed by atoms with Gasteiger partial charge in [-0.15, -0.1) is 0 Å². The highest BCUT2D eigenvalue weighted by molar-refractivity contribution is 6.01. The lowest BCUT2D eigenvalue weighted by atomic mass is 9.48. The van der Waals surface area contributed by atoms with Crippen LogP contribution in [0.25, 0.3) is 10.9 Å². The number of benzene rings is 1. The molecule has 1 heterocycles. The number of hydrogen-bond donors (Lipinski definition) is 2. The van der Waals surface area contributed by atoms with Gasteiger partial charge in [-0.2, -0.15) is 0 Å². The predicted octanol–water partition coefficient (Wildman–Crippen LogP) is 4.90. The zero-order valence-electron chi connectivity index (χ0n) is 14.3. The Hall–Kier alpha value is -1.77. The molecule has 0 unspecified atom stereocenters. The number of rotatable bonds is 3. The zero-order valence-corrected chi connectivity index (χ0v) is 14.3. The minimum atomic E-state index is 0.234. The van der Waals surface area contributed by atoms with Crippen molar-refractivity contribution >= 4 is 17.1 Å². The van der Waals surface area contributed by atoms with Gasteiger partial charge in [-0.1, -0.05) is 18.2 Å². The van der Waals surface area contributed by atoms with Crippen molar-refractivity contribution in [2.75, 3.05) is 0 Å². The van der Waals surface area contributed by atoms with Gasteiger partial charge >= 0.3 is 0 Å². The zero-order chi connectivity index (χ0) is 16.3. The number of hydrogen-bond acceptors (Lipinski definition) is 2. The monoisotopic (exact) mass is 322 g/mol. The fourth-order valence-electron chi connectivity index (χ4n) is 6.31. The van der Waals surface area contributed by atoms with Gasteiger partial charge in [-0.05, 0) is 74.7 Å². The van der Waals surface area contributed by atoms with E-state index in [1.807, 2.05) is 30.5 Å². The van der Waals surface area contributed by atoms with Crippen LogP contribution in [0.1, 0.15) is 51.0 Å². The summed E-state index contributed by atoms with van der Waals surface area (Å²) in [4.78, 5) is 8.01. The predicted molar refractivity (Wildman–Crippen MR) is 97.6 cm³/mol. The maximum absolute atomic E-state index is 10.2. The summed E-state index contributed by atoms with van der Waals surface area (Å²) < 4.78 is 0. The molecule has 4 aliphatic carbocycles. The fourth-order valence-corrected chi connectivity index (χ4v) is 6.31. The molecule has 6 rings (SSSR count). The molecule has 2 N–H and O–H groups in total. The van der Waals surface area contributed by atoms with Gasteiger partial charge < -0.3 is 10.1 Å². The molecule has 0 saturated heterocycles. The maximum atomic E-state index is 10.2. The molecule has 1 aromatic carbocycles. The van der Waals surface area contributed by atoms with Crippen LogP contribution in [0.15, 0.2) is 29.3 Å². The third-order valence-electron chi connectivity index (χ3n) is 7.12. The first-order valence-electron chi connectivity index (χ1n) is 9.46. The second kappa shape index (κ2) is 5.11. The van der Waals surface area contributed by atoms with Crippen molar-refractivity contribution in [2.24, 2.45) is 28.2 Å². The Morgan fingerprint density at radius 3 is 2.42 bits per heavy atom. The second-order valence-electron chi connectivity index (χ2n) is 8.67. The summed E-state index contributed by atoms with van der Waals surface area (Å²) in [5.41, 5.74) is 2.23. The third-order valence-corrected chi connectivity index (χ3v) is 7.12. The van der Waals surface area contributed by atoms with Crippen molar-refractivity contribution in [3.63, 3.8) is 0 Å². The van der Waals surface area contributed by atoms with Crippen molar-refractivity contribution in [1.29, 1.82) is 0 Å². The summed E-state index contributed by atoms with van der Waals surface area (Å²) in [6.45, 7) is 2.30. The second-order valence-corrected chi connectivity index (χ2v) is 8.67. The first kappa shape index (κ1) is 14.6. The van der Waals surface area contributed by atoms with Gasteiger partial charge in [-0.25, -0.2) is 0 Å². The molecule has 0 amide bonds. The number of aliphatic imine (C=N–C) groups is 1. The van der Waals surface area contributed by atoms with E-state index in [1.165, 1.54) is 38.5 Å². The van der Waals surface area contributed by atoms with E-state index in [2.05, 4.69) is 11.9 Å². The molecule has 4 aliphatic rings. The van der Waals surface area contributed by atoms with E-state index in [0.29, 0.717) is 11.5 Å². The van der Waals surface area contributed by atoms with Gasteiger partial charge in [0, 0.05) is 17.1 Å². The number of aromatic amines is 1. The van der Waals surface area contributed by atoms with Crippen LogP contribution in [0, 0.1) is 23.2 Å². The first-order chi connectivity index (χ1) is 11.6. The molecule has 0 radical (unpaired) electrons. The number of nitrogens with one attached hydrogen (secondary N) is 1. The van der Waals surface area contributed by atoms with E-state index in [9.17, 15) is 5.11 Å². The molecular weight excluding hydrogens is 296 g/mol. The van der Waals surface area contributed by atoms with Crippen molar-refractivity contribution in [2.45, 2.75) is 51.5 Å². The summed E-state index contributed by atoms with van der Waals surface area (Å²) in [7, 11) is 0. The normalized spacial score (nSPS) is 36.0. The molecule has 1 atom stereocenters. The Morgan fingerprint density at radius 2 is 1.75 bits per heavy atom. The van der Waals surface area contributed by atoms with Gasteiger partial charge in [0.15, 0.2) is 5.88 Å². The lowest BCUT2D eigenvalue weighted by Gasteiger charge is -2.58. The van der Waals surface area contributed by atoms with E-state index < -0.39 is 0 Å². The van der Waals surface area contributed by atoms with E-state index >= 15 is 0 Å². The Balaban J connectivity index is 1.45. The summed E-state index contributed by atoms with van der Waals surface area (Å²) >= 11 is 0. The van der Waals surface area contributed by atoms with Crippen molar-refractivity contribution in [3.05, 3.63) is 29.8 Å².